The molecular formula is C17H16ClFN2O2. The van der Waals surface area contributed by atoms with Gasteiger partial charge in [0.2, 0.25) is 0 Å². The molecule has 1 fully saturated rings. The summed E-state index contributed by atoms with van der Waals surface area (Å²) in [6.07, 6.45) is 0. The van der Waals surface area contributed by atoms with Crippen molar-refractivity contribution < 1.29 is 14.2 Å². The number of halogens is 2. The summed E-state index contributed by atoms with van der Waals surface area (Å²) in [5, 5.41) is 14.0. The van der Waals surface area contributed by atoms with Crippen molar-refractivity contribution in [2.45, 2.75) is 5.60 Å². The minimum absolute atomic E-state index is 0.357. The first-order valence-corrected chi connectivity index (χ1v) is 7.80. The highest BCUT2D eigenvalue weighted by molar-refractivity contribution is 6.30. The number of ether oxygens (including phenoxy) is 1. The fourth-order valence-electron chi connectivity index (χ4n) is 3.03. The number of benzene rings is 2. The molecule has 6 heteroatoms. The van der Waals surface area contributed by atoms with Crippen molar-refractivity contribution in [1.82, 2.24) is 0 Å². The smallest absolute Gasteiger partial charge is 0.128 e. The second-order valence-electron chi connectivity index (χ2n) is 6.14. The maximum Gasteiger partial charge on any atom is 0.128 e. The molecule has 2 aliphatic rings. The number of rotatable bonds is 3. The SMILES string of the molecule is OC1(CN2CNc3ccc(-c4cc(F)cc(Cl)c4)cc32)COC1. The lowest BCUT2D eigenvalue weighted by molar-refractivity contribution is -0.171. The van der Waals surface area contributed by atoms with Gasteiger partial charge in [0.15, 0.2) is 0 Å². The van der Waals surface area contributed by atoms with Gasteiger partial charge in [-0.3, -0.25) is 0 Å². The van der Waals surface area contributed by atoms with Crippen LogP contribution < -0.4 is 10.2 Å². The van der Waals surface area contributed by atoms with Crippen molar-refractivity contribution in [3.05, 3.63) is 47.2 Å². The van der Waals surface area contributed by atoms with Gasteiger partial charge in [-0.1, -0.05) is 17.7 Å². The molecule has 4 rings (SSSR count). The molecule has 0 amide bonds. The highest BCUT2D eigenvalue weighted by Crippen LogP contribution is 2.37. The number of hydrogen-bond donors (Lipinski definition) is 2. The average molecular weight is 335 g/mol. The third-order valence-electron chi connectivity index (χ3n) is 4.22. The summed E-state index contributed by atoms with van der Waals surface area (Å²) in [5.41, 5.74) is 2.82. The van der Waals surface area contributed by atoms with Gasteiger partial charge in [0.25, 0.3) is 0 Å². The molecule has 2 aliphatic heterocycles. The summed E-state index contributed by atoms with van der Waals surface area (Å²) in [6, 6.07) is 10.4. The molecule has 0 bridgehead atoms. The highest BCUT2D eigenvalue weighted by Gasteiger charge is 2.39. The van der Waals surface area contributed by atoms with E-state index < -0.39 is 5.60 Å². The number of hydrogen-bond acceptors (Lipinski definition) is 4. The molecule has 0 unspecified atom stereocenters. The van der Waals surface area contributed by atoms with E-state index in [2.05, 4.69) is 10.2 Å². The summed E-state index contributed by atoms with van der Waals surface area (Å²) in [6.45, 7) is 1.85. The maximum absolute atomic E-state index is 13.6. The van der Waals surface area contributed by atoms with Gasteiger partial charge in [-0.2, -0.15) is 0 Å². The van der Waals surface area contributed by atoms with Gasteiger partial charge in [0.05, 0.1) is 37.8 Å². The molecule has 0 atom stereocenters. The van der Waals surface area contributed by atoms with Crippen molar-refractivity contribution >= 4 is 23.0 Å². The Kier molecular flexibility index (Phi) is 3.44. The van der Waals surface area contributed by atoms with E-state index in [1.165, 1.54) is 12.1 Å². The normalized spacial score (nSPS) is 18.3. The number of nitrogens with one attached hydrogen (secondary N) is 1. The number of nitrogens with zero attached hydrogens (tertiary/aromatic N) is 1. The molecule has 0 aromatic heterocycles. The molecule has 4 nitrogen and oxygen atoms in total. The van der Waals surface area contributed by atoms with Crippen LogP contribution in [0.15, 0.2) is 36.4 Å². The molecule has 2 aromatic rings. The molecular weight excluding hydrogens is 319 g/mol. The van der Waals surface area contributed by atoms with Crippen LogP contribution in [0.5, 0.6) is 0 Å². The summed E-state index contributed by atoms with van der Waals surface area (Å²) in [4.78, 5) is 2.07. The number of β-amino-alcohol motifs (C(OH)–C–C–N with tert-alkyl or cyclic N) is 1. The number of anilines is 2. The van der Waals surface area contributed by atoms with Crippen molar-refractivity contribution in [2.24, 2.45) is 0 Å². The summed E-state index contributed by atoms with van der Waals surface area (Å²) < 4.78 is 18.7. The zero-order chi connectivity index (χ0) is 16.0. The van der Waals surface area contributed by atoms with E-state index in [0.29, 0.717) is 31.4 Å². The van der Waals surface area contributed by atoms with Crippen LogP contribution in [-0.4, -0.2) is 37.1 Å². The first kappa shape index (κ1) is 14.8. The van der Waals surface area contributed by atoms with E-state index in [1.54, 1.807) is 6.07 Å². The minimum Gasteiger partial charge on any atom is -0.383 e. The third-order valence-corrected chi connectivity index (χ3v) is 4.44. The van der Waals surface area contributed by atoms with Crippen LogP contribution in [-0.2, 0) is 4.74 Å². The molecule has 0 saturated carbocycles. The first-order chi connectivity index (χ1) is 11.0. The molecule has 23 heavy (non-hydrogen) atoms. The van der Waals surface area contributed by atoms with E-state index in [1.807, 2.05) is 18.2 Å². The van der Waals surface area contributed by atoms with Crippen molar-refractivity contribution in [2.75, 3.05) is 36.6 Å². The topological polar surface area (TPSA) is 44.7 Å². The Morgan fingerprint density at radius 1 is 1.22 bits per heavy atom. The summed E-state index contributed by atoms with van der Waals surface area (Å²) >= 11 is 5.95. The Morgan fingerprint density at radius 3 is 2.74 bits per heavy atom. The van der Waals surface area contributed by atoms with Crippen molar-refractivity contribution in [3.8, 4) is 11.1 Å². The van der Waals surface area contributed by atoms with Gasteiger partial charge in [0, 0.05) is 5.02 Å². The lowest BCUT2D eigenvalue weighted by Crippen LogP contribution is -2.57. The second-order valence-corrected chi connectivity index (χ2v) is 6.58. The van der Waals surface area contributed by atoms with Crippen LogP contribution >= 0.6 is 11.6 Å². The highest BCUT2D eigenvalue weighted by atomic mass is 35.5. The summed E-state index contributed by atoms with van der Waals surface area (Å²) in [7, 11) is 0. The van der Waals surface area contributed by atoms with Crippen LogP contribution in [0, 0.1) is 5.82 Å². The van der Waals surface area contributed by atoms with E-state index in [-0.39, 0.29) is 5.82 Å². The maximum atomic E-state index is 13.6. The lowest BCUT2D eigenvalue weighted by Gasteiger charge is -2.39. The van der Waals surface area contributed by atoms with Gasteiger partial charge in [-0.15, -0.1) is 0 Å². The quantitative estimate of drug-likeness (QED) is 0.905. The number of fused-ring (bicyclic) bond motifs is 1. The van der Waals surface area contributed by atoms with Crippen LogP contribution in [0.4, 0.5) is 15.8 Å². The zero-order valence-corrected chi connectivity index (χ0v) is 13.1. The zero-order valence-electron chi connectivity index (χ0n) is 12.4. The largest absolute Gasteiger partial charge is 0.383 e. The average Bonchev–Trinajstić information content (AvgIpc) is 2.87. The summed E-state index contributed by atoms with van der Waals surface area (Å²) in [5.74, 6) is -0.357. The van der Waals surface area contributed by atoms with E-state index in [0.717, 1.165) is 22.5 Å². The van der Waals surface area contributed by atoms with Crippen molar-refractivity contribution in [3.63, 3.8) is 0 Å². The van der Waals surface area contributed by atoms with Crippen LogP contribution in [0.25, 0.3) is 11.1 Å². The Labute approximate surface area is 138 Å². The minimum atomic E-state index is -0.790. The molecule has 0 aliphatic carbocycles. The predicted molar refractivity (Wildman–Crippen MR) is 88.5 cm³/mol. The van der Waals surface area contributed by atoms with E-state index in [4.69, 9.17) is 16.3 Å². The molecule has 0 radical (unpaired) electrons. The van der Waals surface area contributed by atoms with Crippen LogP contribution in [0.2, 0.25) is 5.02 Å². The molecule has 1 saturated heterocycles. The van der Waals surface area contributed by atoms with Gasteiger partial charge in [-0.05, 0) is 41.5 Å². The Balaban J connectivity index is 1.67. The van der Waals surface area contributed by atoms with Crippen LogP contribution in [0.1, 0.15) is 0 Å². The second kappa shape index (κ2) is 5.37. The van der Waals surface area contributed by atoms with Gasteiger partial charge >= 0.3 is 0 Å². The molecule has 120 valence electrons. The van der Waals surface area contributed by atoms with E-state index in [9.17, 15) is 9.50 Å². The molecule has 0 spiro atoms. The molecule has 2 N–H and O–H groups in total. The fraction of sp³-hybridized carbons (Fsp3) is 0.294. The van der Waals surface area contributed by atoms with Crippen LogP contribution in [0.3, 0.4) is 0 Å². The van der Waals surface area contributed by atoms with Gasteiger partial charge < -0.3 is 20.1 Å². The van der Waals surface area contributed by atoms with Crippen molar-refractivity contribution in [1.29, 1.82) is 0 Å². The predicted octanol–water partition coefficient (Wildman–Crippen LogP) is 3.10. The molecule has 2 aromatic carbocycles. The monoisotopic (exact) mass is 334 g/mol. The molecule has 2 heterocycles. The number of aliphatic hydroxyl groups is 1. The van der Waals surface area contributed by atoms with Gasteiger partial charge in [0.1, 0.15) is 11.4 Å². The van der Waals surface area contributed by atoms with E-state index >= 15 is 0 Å². The standard InChI is InChI=1S/C17H16ClFN2O2/c18-13-3-12(4-14(19)6-13)11-1-2-15-16(5-11)21(10-20-15)7-17(22)8-23-9-17/h1-6,20,22H,7-10H2. The first-order valence-electron chi connectivity index (χ1n) is 7.42. The Hall–Kier alpha value is -1.82. The van der Waals surface area contributed by atoms with Gasteiger partial charge in [-0.25, -0.2) is 4.39 Å². The lowest BCUT2D eigenvalue weighted by atomic mass is 10.0. The third kappa shape index (κ3) is 2.76. The Morgan fingerprint density at radius 2 is 2.04 bits per heavy atom. The fourth-order valence-corrected chi connectivity index (χ4v) is 3.26. The Bertz CT molecular complexity index is 744.